The van der Waals surface area contributed by atoms with E-state index in [9.17, 15) is 9.59 Å². The van der Waals surface area contributed by atoms with Crippen LogP contribution in [0.15, 0.2) is 47.7 Å². The molecule has 0 bridgehead atoms. The summed E-state index contributed by atoms with van der Waals surface area (Å²) >= 11 is 0. The van der Waals surface area contributed by atoms with E-state index in [0.29, 0.717) is 25.2 Å². The molecule has 3 aromatic heterocycles. The van der Waals surface area contributed by atoms with Gasteiger partial charge in [-0.15, -0.1) is 0 Å². The molecular weight excluding hydrogens is 318 g/mol. The van der Waals surface area contributed by atoms with Gasteiger partial charge in [0.05, 0.1) is 12.1 Å². The van der Waals surface area contributed by atoms with Gasteiger partial charge in [0.2, 0.25) is 5.91 Å². The highest BCUT2D eigenvalue weighted by atomic mass is 16.2. The van der Waals surface area contributed by atoms with Gasteiger partial charge in [0.1, 0.15) is 0 Å². The number of piperidine rings is 1. The summed E-state index contributed by atoms with van der Waals surface area (Å²) in [7, 11) is 0. The van der Waals surface area contributed by atoms with E-state index >= 15 is 0 Å². The number of nitrogens with zero attached hydrogens (tertiary/aromatic N) is 4. The van der Waals surface area contributed by atoms with E-state index in [1.807, 2.05) is 17.0 Å². The van der Waals surface area contributed by atoms with Crippen LogP contribution < -0.4 is 5.56 Å². The van der Waals surface area contributed by atoms with Crippen LogP contribution in [0.4, 0.5) is 0 Å². The third-order valence-electron chi connectivity index (χ3n) is 4.74. The Kier molecular flexibility index (Phi) is 4.05. The number of fused-ring (bicyclic) bond motifs is 1. The van der Waals surface area contributed by atoms with Gasteiger partial charge in [0, 0.05) is 49.7 Å². The van der Waals surface area contributed by atoms with Crippen molar-refractivity contribution in [2.45, 2.75) is 25.2 Å². The maximum absolute atomic E-state index is 12.4. The lowest BCUT2D eigenvalue weighted by Crippen LogP contribution is -2.39. The molecule has 1 aliphatic rings. The van der Waals surface area contributed by atoms with Gasteiger partial charge < -0.3 is 4.90 Å². The molecule has 1 fully saturated rings. The zero-order valence-electron chi connectivity index (χ0n) is 13.8. The van der Waals surface area contributed by atoms with E-state index < -0.39 is 0 Å². The minimum absolute atomic E-state index is 0.0971. The molecule has 0 aromatic carbocycles. The number of hydrogen-bond donors (Lipinski definition) is 1. The van der Waals surface area contributed by atoms with Gasteiger partial charge in [-0.25, -0.2) is 9.50 Å². The van der Waals surface area contributed by atoms with Crippen molar-refractivity contribution in [1.82, 2.24) is 24.5 Å². The van der Waals surface area contributed by atoms with E-state index in [2.05, 4.69) is 15.1 Å². The first-order valence-electron chi connectivity index (χ1n) is 8.44. The lowest BCUT2D eigenvalue weighted by Gasteiger charge is -2.31. The summed E-state index contributed by atoms with van der Waals surface area (Å²) in [4.78, 5) is 35.1. The standard InChI is InChI=1S/C18H19N5O2/c24-17(10-13-2-1-6-19-12-13)22-8-4-14(5-9-22)15-11-18(25)23-16(21-15)3-7-20-23/h1-3,6-7,11-12,14,20H,4-5,8-10H2. The zero-order valence-corrected chi connectivity index (χ0v) is 13.8. The van der Waals surface area contributed by atoms with Crippen LogP contribution in [0.25, 0.3) is 5.65 Å². The van der Waals surface area contributed by atoms with Gasteiger partial charge in [-0.3, -0.25) is 19.7 Å². The number of pyridine rings is 1. The zero-order chi connectivity index (χ0) is 17.2. The van der Waals surface area contributed by atoms with E-state index in [4.69, 9.17) is 0 Å². The second-order valence-corrected chi connectivity index (χ2v) is 6.37. The first kappa shape index (κ1) is 15.6. The maximum Gasteiger partial charge on any atom is 0.272 e. The number of aromatic nitrogens is 4. The first-order chi connectivity index (χ1) is 12.2. The molecule has 128 valence electrons. The van der Waals surface area contributed by atoms with Crippen LogP contribution in [0.1, 0.15) is 30.0 Å². The monoisotopic (exact) mass is 337 g/mol. The van der Waals surface area contributed by atoms with Crippen LogP contribution in [0.3, 0.4) is 0 Å². The molecule has 25 heavy (non-hydrogen) atoms. The molecule has 0 aliphatic carbocycles. The Morgan fingerprint density at radius 2 is 2.12 bits per heavy atom. The molecule has 0 radical (unpaired) electrons. The van der Waals surface area contributed by atoms with Gasteiger partial charge >= 0.3 is 0 Å². The maximum atomic E-state index is 12.4. The van der Waals surface area contributed by atoms with Crippen LogP contribution in [-0.2, 0) is 11.2 Å². The summed E-state index contributed by atoms with van der Waals surface area (Å²) in [6.45, 7) is 1.38. The fourth-order valence-corrected chi connectivity index (χ4v) is 3.37. The molecule has 0 saturated carbocycles. The highest BCUT2D eigenvalue weighted by Gasteiger charge is 2.25. The Labute approximate surface area is 144 Å². The molecule has 1 aliphatic heterocycles. The number of hydrogen-bond acceptors (Lipinski definition) is 4. The van der Waals surface area contributed by atoms with Gasteiger partial charge in [0.15, 0.2) is 5.65 Å². The molecule has 0 spiro atoms. The normalized spacial score (nSPS) is 15.6. The topological polar surface area (TPSA) is 83.4 Å². The van der Waals surface area contributed by atoms with Crippen LogP contribution in [0.5, 0.6) is 0 Å². The lowest BCUT2D eigenvalue weighted by molar-refractivity contribution is -0.131. The fourth-order valence-electron chi connectivity index (χ4n) is 3.37. The van der Waals surface area contributed by atoms with E-state index in [0.717, 1.165) is 24.1 Å². The number of nitrogens with one attached hydrogen (secondary N) is 1. The summed E-state index contributed by atoms with van der Waals surface area (Å²) in [5.41, 5.74) is 2.30. The number of H-pyrrole nitrogens is 1. The minimum atomic E-state index is -0.0971. The number of carbonyl (C=O) groups is 1. The van der Waals surface area contributed by atoms with Crippen LogP contribution in [0.2, 0.25) is 0 Å². The van der Waals surface area contributed by atoms with Crippen LogP contribution in [-0.4, -0.2) is 43.5 Å². The Bertz CT molecular complexity index is 939. The molecule has 1 amide bonds. The largest absolute Gasteiger partial charge is 0.342 e. The van der Waals surface area contributed by atoms with Crippen LogP contribution >= 0.6 is 0 Å². The summed E-state index contributed by atoms with van der Waals surface area (Å²) in [5.74, 6) is 0.343. The van der Waals surface area contributed by atoms with E-state index in [-0.39, 0.29) is 17.4 Å². The predicted octanol–water partition coefficient (Wildman–Crippen LogP) is 1.37. The second kappa shape index (κ2) is 6.51. The van der Waals surface area contributed by atoms with Crippen LogP contribution in [0, 0.1) is 0 Å². The highest BCUT2D eigenvalue weighted by Crippen LogP contribution is 2.26. The van der Waals surface area contributed by atoms with Crippen molar-refractivity contribution in [3.8, 4) is 0 Å². The van der Waals surface area contributed by atoms with Crippen molar-refractivity contribution in [2.75, 3.05) is 13.1 Å². The predicted molar refractivity (Wildman–Crippen MR) is 92.3 cm³/mol. The summed E-state index contributed by atoms with van der Waals surface area (Å²) in [5, 5.41) is 2.85. The van der Waals surface area contributed by atoms with Crippen molar-refractivity contribution < 1.29 is 4.79 Å². The SMILES string of the molecule is O=C(Cc1cccnc1)N1CCC(c2cc(=O)n3[nH]ccc3n2)CC1. The third kappa shape index (κ3) is 3.17. The van der Waals surface area contributed by atoms with Gasteiger partial charge in [-0.05, 0) is 24.5 Å². The summed E-state index contributed by atoms with van der Waals surface area (Å²) in [6, 6.07) is 7.15. The third-order valence-corrected chi connectivity index (χ3v) is 4.74. The number of amides is 1. The van der Waals surface area contributed by atoms with Gasteiger partial charge in [-0.1, -0.05) is 6.07 Å². The van der Waals surface area contributed by atoms with Gasteiger partial charge in [0.25, 0.3) is 5.56 Å². The Balaban J connectivity index is 1.42. The number of likely N-dealkylation sites (tertiary alicyclic amines) is 1. The number of carbonyl (C=O) groups excluding carboxylic acids is 1. The average molecular weight is 337 g/mol. The minimum Gasteiger partial charge on any atom is -0.342 e. The Morgan fingerprint density at radius 1 is 1.28 bits per heavy atom. The fraction of sp³-hybridized carbons (Fsp3) is 0.333. The highest BCUT2D eigenvalue weighted by molar-refractivity contribution is 5.78. The van der Waals surface area contributed by atoms with Crippen molar-refractivity contribution in [3.05, 3.63) is 64.5 Å². The molecule has 7 nitrogen and oxygen atoms in total. The quantitative estimate of drug-likeness (QED) is 0.782. The van der Waals surface area contributed by atoms with Crippen molar-refractivity contribution in [2.24, 2.45) is 0 Å². The first-order valence-corrected chi connectivity index (χ1v) is 8.44. The van der Waals surface area contributed by atoms with Crippen molar-refractivity contribution >= 4 is 11.6 Å². The lowest BCUT2D eigenvalue weighted by atomic mass is 9.93. The Morgan fingerprint density at radius 3 is 2.88 bits per heavy atom. The molecule has 3 aromatic rings. The molecular formula is C18H19N5O2. The molecule has 4 rings (SSSR count). The molecule has 0 atom stereocenters. The molecule has 1 N–H and O–H groups in total. The molecule has 7 heteroatoms. The average Bonchev–Trinajstić information content (AvgIpc) is 3.12. The number of aromatic amines is 1. The molecule has 0 unspecified atom stereocenters. The molecule has 4 heterocycles. The Hall–Kier alpha value is -2.96. The smallest absolute Gasteiger partial charge is 0.272 e. The van der Waals surface area contributed by atoms with Gasteiger partial charge in [-0.2, -0.15) is 0 Å². The summed E-state index contributed by atoms with van der Waals surface area (Å²) in [6.07, 6.45) is 7.17. The van der Waals surface area contributed by atoms with Crippen molar-refractivity contribution in [1.29, 1.82) is 0 Å². The second-order valence-electron chi connectivity index (χ2n) is 6.37. The van der Waals surface area contributed by atoms with E-state index in [1.165, 1.54) is 4.52 Å². The molecule has 1 saturated heterocycles. The number of rotatable bonds is 3. The summed E-state index contributed by atoms with van der Waals surface area (Å²) < 4.78 is 1.43. The van der Waals surface area contributed by atoms with E-state index in [1.54, 1.807) is 30.7 Å². The van der Waals surface area contributed by atoms with Crippen molar-refractivity contribution in [3.63, 3.8) is 0 Å².